The van der Waals surface area contributed by atoms with Gasteiger partial charge in [-0.25, -0.2) is 4.39 Å². The molecule has 0 radical (unpaired) electrons. The summed E-state index contributed by atoms with van der Waals surface area (Å²) in [6, 6.07) is 6.95. The van der Waals surface area contributed by atoms with Gasteiger partial charge in [0.2, 0.25) is 0 Å². The first-order valence-corrected chi connectivity index (χ1v) is 6.43. The Morgan fingerprint density at radius 1 is 1.41 bits per heavy atom. The van der Waals surface area contributed by atoms with E-state index >= 15 is 0 Å². The van der Waals surface area contributed by atoms with Crippen molar-refractivity contribution in [1.29, 1.82) is 0 Å². The van der Waals surface area contributed by atoms with Crippen LogP contribution in [0.25, 0.3) is 0 Å². The Bertz CT molecular complexity index is 356. The zero-order chi connectivity index (χ0) is 12.1. The van der Waals surface area contributed by atoms with Crippen molar-refractivity contribution in [2.24, 2.45) is 0 Å². The zero-order valence-corrected chi connectivity index (χ0v) is 10.3. The molecule has 0 spiro atoms. The number of ether oxygens (including phenoxy) is 1. The minimum Gasteiger partial charge on any atom is -0.490 e. The lowest BCUT2D eigenvalue weighted by atomic mass is 10.2. The number of hydrogen-bond acceptors (Lipinski definition) is 2. The fourth-order valence-corrected chi connectivity index (χ4v) is 2.31. The van der Waals surface area contributed by atoms with Crippen LogP contribution in [0.1, 0.15) is 32.6 Å². The van der Waals surface area contributed by atoms with Crippen molar-refractivity contribution < 1.29 is 9.13 Å². The zero-order valence-electron chi connectivity index (χ0n) is 10.3. The molecule has 0 saturated heterocycles. The highest BCUT2D eigenvalue weighted by atomic mass is 19.1. The van der Waals surface area contributed by atoms with Crippen LogP contribution in [0.2, 0.25) is 0 Å². The number of hydrogen-bond donors (Lipinski definition) is 1. The second-order valence-corrected chi connectivity index (χ2v) is 4.66. The summed E-state index contributed by atoms with van der Waals surface area (Å²) in [7, 11) is 0. The lowest BCUT2D eigenvalue weighted by Gasteiger charge is -2.14. The van der Waals surface area contributed by atoms with E-state index < -0.39 is 0 Å². The Kier molecular flexibility index (Phi) is 4.37. The maximum Gasteiger partial charge on any atom is 0.126 e. The van der Waals surface area contributed by atoms with Crippen LogP contribution >= 0.6 is 0 Å². The van der Waals surface area contributed by atoms with Crippen LogP contribution in [0.3, 0.4) is 0 Å². The first-order valence-electron chi connectivity index (χ1n) is 6.43. The summed E-state index contributed by atoms with van der Waals surface area (Å²) in [6.45, 7) is 3.24. The summed E-state index contributed by atoms with van der Waals surface area (Å²) in [5, 5.41) is 3.50. The van der Waals surface area contributed by atoms with Gasteiger partial charge in [0.25, 0.3) is 0 Å². The number of halogens is 1. The standard InChI is InChI=1S/C14H20FNO/c1-2-8-16-12-6-7-14(10-12)17-13-5-3-4-11(15)9-13/h3-5,9,12,14,16H,2,6-8,10H2,1H3. The molecular formula is C14H20FNO. The molecular weight excluding hydrogens is 217 g/mol. The quantitative estimate of drug-likeness (QED) is 0.849. The molecule has 1 aliphatic rings. The normalized spacial score (nSPS) is 23.9. The molecule has 1 N–H and O–H groups in total. The Morgan fingerprint density at radius 2 is 2.29 bits per heavy atom. The molecule has 0 aromatic heterocycles. The van der Waals surface area contributed by atoms with Crippen LogP contribution < -0.4 is 10.1 Å². The molecule has 0 aliphatic heterocycles. The summed E-state index contributed by atoms with van der Waals surface area (Å²) in [5.74, 6) is 0.410. The minimum atomic E-state index is -0.235. The molecule has 2 atom stereocenters. The Morgan fingerprint density at radius 3 is 3.06 bits per heavy atom. The Hall–Kier alpha value is -1.09. The summed E-state index contributed by atoms with van der Waals surface area (Å²) in [4.78, 5) is 0. The van der Waals surface area contributed by atoms with Gasteiger partial charge < -0.3 is 10.1 Å². The summed E-state index contributed by atoms with van der Waals surface area (Å²) < 4.78 is 18.8. The predicted octanol–water partition coefficient (Wildman–Crippen LogP) is 3.13. The van der Waals surface area contributed by atoms with Crippen molar-refractivity contribution >= 4 is 0 Å². The van der Waals surface area contributed by atoms with E-state index in [1.54, 1.807) is 6.07 Å². The maximum absolute atomic E-state index is 13.0. The molecule has 1 fully saturated rings. The topological polar surface area (TPSA) is 21.3 Å². The first-order chi connectivity index (χ1) is 8.28. The summed E-state index contributed by atoms with van der Waals surface area (Å²) in [6.07, 6.45) is 4.62. The van der Waals surface area contributed by atoms with Gasteiger partial charge >= 0.3 is 0 Å². The smallest absolute Gasteiger partial charge is 0.126 e. The number of benzene rings is 1. The van der Waals surface area contributed by atoms with E-state index in [1.807, 2.05) is 6.07 Å². The molecule has 0 bridgehead atoms. The van der Waals surface area contributed by atoms with Gasteiger partial charge in [0.1, 0.15) is 17.7 Å². The second-order valence-electron chi connectivity index (χ2n) is 4.66. The van der Waals surface area contributed by atoms with Crippen LogP contribution in [-0.2, 0) is 0 Å². The molecule has 2 rings (SSSR count). The van der Waals surface area contributed by atoms with Gasteiger partial charge in [0.05, 0.1) is 0 Å². The second kappa shape index (κ2) is 6.01. The molecule has 0 heterocycles. The van der Waals surface area contributed by atoms with Crippen molar-refractivity contribution in [3.8, 4) is 5.75 Å². The highest BCUT2D eigenvalue weighted by Gasteiger charge is 2.25. The van der Waals surface area contributed by atoms with Crippen LogP contribution in [0.4, 0.5) is 4.39 Å². The molecule has 94 valence electrons. The van der Waals surface area contributed by atoms with Crippen molar-refractivity contribution in [2.75, 3.05) is 6.54 Å². The molecule has 1 aromatic carbocycles. The van der Waals surface area contributed by atoms with Crippen molar-refractivity contribution in [3.63, 3.8) is 0 Å². The van der Waals surface area contributed by atoms with E-state index in [-0.39, 0.29) is 11.9 Å². The maximum atomic E-state index is 13.0. The van der Waals surface area contributed by atoms with E-state index in [0.29, 0.717) is 11.8 Å². The fourth-order valence-electron chi connectivity index (χ4n) is 2.31. The van der Waals surface area contributed by atoms with Crippen molar-refractivity contribution in [3.05, 3.63) is 30.1 Å². The van der Waals surface area contributed by atoms with Crippen LogP contribution in [0, 0.1) is 5.82 Å². The van der Waals surface area contributed by atoms with Crippen molar-refractivity contribution in [1.82, 2.24) is 5.32 Å². The van der Waals surface area contributed by atoms with Gasteiger partial charge in [-0.1, -0.05) is 13.0 Å². The monoisotopic (exact) mass is 237 g/mol. The highest BCUT2D eigenvalue weighted by Crippen LogP contribution is 2.25. The van der Waals surface area contributed by atoms with Gasteiger partial charge in [-0.2, -0.15) is 0 Å². The molecule has 17 heavy (non-hydrogen) atoms. The van der Waals surface area contributed by atoms with E-state index in [1.165, 1.54) is 12.1 Å². The first kappa shape index (κ1) is 12.4. The van der Waals surface area contributed by atoms with E-state index in [4.69, 9.17) is 4.74 Å². The van der Waals surface area contributed by atoms with Gasteiger partial charge in [0.15, 0.2) is 0 Å². The summed E-state index contributed by atoms with van der Waals surface area (Å²) in [5.41, 5.74) is 0. The third-order valence-corrected chi connectivity index (χ3v) is 3.17. The SMILES string of the molecule is CCCNC1CCC(Oc2cccc(F)c2)C1. The number of nitrogens with one attached hydrogen (secondary N) is 1. The average molecular weight is 237 g/mol. The van der Waals surface area contributed by atoms with Crippen LogP contribution in [-0.4, -0.2) is 18.7 Å². The Labute approximate surface area is 102 Å². The number of rotatable bonds is 5. The lowest BCUT2D eigenvalue weighted by Crippen LogP contribution is -2.28. The van der Waals surface area contributed by atoms with Gasteiger partial charge in [0, 0.05) is 12.1 Å². The molecule has 1 aliphatic carbocycles. The van der Waals surface area contributed by atoms with E-state index in [2.05, 4.69) is 12.2 Å². The van der Waals surface area contributed by atoms with E-state index in [9.17, 15) is 4.39 Å². The lowest BCUT2D eigenvalue weighted by molar-refractivity contribution is 0.205. The fraction of sp³-hybridized carbons (Fsp3) is 0.571. The third-order valence-electron chi connectivity index (χ3n) is 3.17. The van der Waals surface area contributed by atoms with Gasteiger partial charge in [-0.15, -0.1) is 0 Å². The largest absolute Gasteiger partial charge is 0.490 e. The molecule has 3 heteroatoms. The molecule has 1 saturated carbocycles. The van der Waals surface area contributed by atoms with Gasteiger partial charge in [-0.3, -0.25) is 0 Å². The van der Waals surface area contributed by atoms with Gasteiger partial charge in [-0.05, 0) is 44.4 Å². The minimum absolute atomic E-state index is 0.228. The predicted molar refractivity (Wildman–Crippen MR) is 66.7 cm³/mol. The molecule has 1 aromatic rings. The molecule has 2 nitrogen and oxygen atoms in total. The van der Waals surface area contributed by atoms with Crippen LogP contribution in [0.15, 0.2) is 24.3 Å². The van der Waals surface area contributed by atoms with E-state index in [0.717, 1.165) is 32.2 Å². The Balaban J connectivity index is 1.81. The molecule has 0 amide bonds. The highest BCUT2D eigenvalue weighted by molar-refractivity contribution is 5.22. The molecule has 2 unspecified atom stereocenters. The third kappa shape index (κ3) is 3.70. The van der Waals surface area contributed by atoms with Crippen LogP contribution in [0.5, 0.6) is 5.75 Å². The average Bonchev–Trinajstić information content (AvgIpc) is 2.74. The van der Waals surface area contributed by atoms with Crippen molar-refractivity contribution in [2.45, 2.75) is 44.8 Å². The summed E-state index contributed by atoms with van der Waals surface area (Å²) >= 11 is 0.